The molecule has 0 spiro atoms. The molecule has 19 heavy (non-hydrogen) atoms. The van der Waals surface area contributed by atoms with Crippen LogP contribution < -0.4 is 4.72 Å². The Kier molecular flexibility index (Phi) is 5.21. The molecule has 0 bridgehead atoms. The van der Waals surface area contributed by atoms with E-state index >= 15 is 0 Å². The van der Waals surface area contributed by atoms with Crippen molar-refractivity contribution in [2.75, 3.05) is 19.8 Å². The van der Waals surface area contributed by atoms with Gasteiger partial charge in [0.05, 0.1) is 4.90 Å². The van der Waals surface area contributed by atoms with E-state index in [9.17, 15) is 8.42 Å². The summed E-state index contributed by atoms with van der Waals surface area (Å²) in [7, 11) is -3.44. The number of alkyl halides is 1. The Morgan fingerprint density at radius 2 is 2.05 bits per heavy atom. The average Bonchev–Trinajstić information content (AvgIpc) is 2.46. The molecule has 0 unspecified atom stereocenters. The lowest BCUT2D eigenvalue weighted by atomic mass is 10.0. The van der Waals surface area contributed by atoms with Crippen molar-refractivity contribution in [1.82, 2.24) is 4.72 Å². The van der Waals surface area contributed by atoms with Crippen LogP contribution in [0, 0.1) is 5.92 Å². The molecule has 6 heteroatoms. The van der Waals surface area contributed by atoms with Gasteiger partial charge in [0.1, 0.15) is 0 Å². The molecule has 1 aliphatic rings. The van der Waals surface area contributed by atoms with Crippen LogP contribution in [0.15, 0.2) is 29.2 Å². The van der Waals surface area contributed by atoms with Crippen molar-refractivity contribution >= 4 is 21.6 Å². The monoisotopic (exact) mass is 303 g/mol. The third-order valence-electron chi connectivity index (χ3n) is 3.27. The molecule has 4 nitrogen and oxygen atoms in total. The quantitative estimate of drug-likeness (QED) is 0.848. The molecule has 106 valence electrons. The highest BCUT2D eigenvalue weighted by Crippen LogP contribution is 2.16. The second-order valence-corrected chi connectivity index (χ2v) is 6.72. The third kappa shape index (κ3) is 4.18. The van der Waals surface area contributed by atoms with Gasteiger partial charge in [0, 0.05) is 25.6 Å². The van der Waals surface area contributed by atoms with E-state index in [1.165, 1.54) is 0 Å². The molecule has 1 saturated heterocycles. The van der Waals surface area contributed by atoms with Crippen LogP contribution in [0.2, 0.25) is 0 Å². The number of benzene rings is 1. The molecule has 1 aromatic carbocycles. The molecule has 2 rings (SSSR count). The normalized spacial score (nSPS) is 17.5. The van der Waals surface area contributed by atoms with Gasteiger partial charge in [-0.1, -0.05) is 12.1 Å². The van der Waals surface area contributed by atoms with E-state index in [2.05, 4.69) is 4.72 Å². The second kappa shape index (κ2) is 6.70. The number of hydrogen-bond donors (Lipinski definition) is 1. The molecule has 0 radical (unpaired) electrons. The van der Waals surface area contributed by atoms with Gasteiger partial charge in [0.25, 0.3) is 0 Å². The van der Waals surface area contributed by atoms with E-state index in [4.69, 9.17) is 16.3 Å². The van der Waals surface area contributed by atoms with Crippen LogP contribution in [0.1, 0.15) is 18.4 Å². The topological polar surface area (TPSA) is 55.4 Å². The van der Waals surface area contributed by atoms with E-state index in [-0.39, 0.29) is 4.90 Å². The van der Waals surface area contributed by atoms with Gasteiger partial charge in [-0.2, -0.15) is 0 Å². The van der Waals surface area contributed by atoms with Crippen LogP contribution in [0.4, 0.5) is 0 Å². The van der Waals surface area contributed by atoms with Gasteiger partial charge >= 0.3 is 0 Å². The summed E-state index contributed by atoms with van der Waals surface area (Å²) in [6.45, 7) is 1.90. The summed E-state index contributed by atoms with van der Waals surface area (Å²) < 4.78 is 32.2. The molecular formula is C13H18ClNO3S. The SMILES string of the molecule is O=S(=O)(NCC1CCOCC1)c1cccc(CCl)c1. The van der Waals surface area contributed by atoms with Crippen molar-refractivity contribution in [3.05, 3.63) is 29.8 Å². The highest BCUT2D eigenvalue weighted by molar-refractivity contribution is 7.89. The van der Waals surface area contributed by atoms with Gasteiger partial charge in [-0.15, -0.1) is 11.6 Å². The molecule has 0 atom stereocenters. The Balaban J connectivity index is 2.00. The lowest BCUT2D eigenvalue weighted by Gasteiger charge is -2.22. The highest BCUT2D eigenvalue weighted by atomic mass is 35.5. The van der Waals surface area contributed by atoms with Crippen molar-refractivity contribution in [3.8, 4) is 0 Å². The summed E-state index contributed by atoms with van der Waals surface area (Å²) in [5.41, 5.74) is 0.801. The summed E-state index contributed by atoms with van der Waals surface area (Å²) >= 11 is 5.72. The van der Waals surface area contributed by atoms with Crippen LogP contribution in [-0.4, -0.2) is 28.2 Å². The van der Waals surface area contributed by atoms with E-state index in [0.717, 1.165) is 18.4 Å². The molecule has 1 aromatic rings. The molecule has 1 heterocycles. The molecule has 0 aromatic heterocycles. The first-order chi connectivity index (χ1) is 9.12. The van der Waals surface area contributed by atoms with Crippen LogP contribution in [0.25, 0.3) is 0 Å². The van der Waals surface area contributed by atoms with E-state index < -0.39 is 10.0 Å². The molecule has 1 N–H and O–H groups in total. The molecule has 0 amide bonds. The van der Waals surface area contributed by atoms with Crippen molar-refractivity contribution in [1.29, 1.82) is 0 Å². The number of nitrogens with one attached hydrogen (secondary N) is 1. The fourth-order valence-corrected chi connectivity index (χ4v) is 3.41. The standard InChI is InChI=1S/C13H18ClNO3S/c14-9-12-2-1-3-13(8-12)19(16,17)15-10-11-4-6-18-7-5-11/h1-3,8,11,15H,4-7,9-10H2. The first-order valence-electron chi connectivity index (χ1n) is 6.34. The Bertz CT molecular complexity index is 512. The van der Waals surface area contributed by atoms with Crippen LogP contribution >= 0.6 is 11.6 Å². The molecular weight excluding hydrogens is 286 g/mol. The van der Waals surface area contributed by atoms with E-state index in [1.54, 1.807) is 18.2 Å². The fourth-order valence-electron chi connectivity index (χ4n) is 2.06. The van der Waals surface area contributed by atoms with Crippen LogP contribution in [-0.2, 0) is 20.6 Å². The van der Waals surface area contributed by atoms with Crippen molar-refractivity contribution < 1.29 is 13.2 Å². The lowest BCUT2D eigenvalue weighted by Crippen LogP contribution is -2.32. The highest BCUT2D eigenvalue weighted by Gasteiger charge is 2.19. The van der Waals surface area contributed by atoms with Crippen LogP contribution in [0.3, 0.4) is 0 Å². The van der Waals surface area contributed by atoms with E-state index in [0.29, 0.717) is 31.6 Å². The minimum absolute atomic E-state index is 0.276. The zero-order chi connectivity index (χ0) is 13.7. The number of hydrogen-bond acceptors (Lipinski definition) is 3. The van der Waals surface area contributed by atoms with Gasteiger partial charge < -0.3 is 4.74 Å². The number of ether oxygens (including phenoxy) is 1. The first kappa shape index (κ1) is 14.8. The first-order valence-corrected chi connectivity index (χ1v) is 8.36. The number of halogens is 1. The van der Waals surface area contributed by atoms with Gasteiger partial charge in [0.15, 0.2) is 0 Å². The molecule has 0 saturated carbocycles. The Labute approximate surface area is 119 Å². The second-order valence-electron chi connectivity index (χ2n) is 4.69. The minimum Gasteiger partial charge on any atom is -0.381 e. The molecule has 1 aliphatic heterocycles. The zero-order valence-electron chi connectivity index (χ0n) is 10.6. The van der Waals surface area contributed by atoms with Crippen molar-refractivity contribution in [3.63, 3.8) is 0 Å². The summed E-state index contributed by atoms with van der Waals surface area (Å²) in [5, 5.41) is 0. The summed E-state index contributed by atoms with van der Waals surface area (Å²) in [4.78, 5) is 0.276. The zero-order valence-corrected chi connectivity index (χ0v) is 12.2. The smallest absolute Gasteiger partial charge is 0.240 e. The summed E-state index contributed by atoms with van der Waals surface area (Å²) in [5.74, 6) is 0.670. The molecule has 0 aliphatic carbocycles. The predicted molar refractivity (Wildman–Crippen MR) is 74.7 cm³/mol. The largest absolute Gasteiger partial charge is 0.381 e. The maximum absolute atomic E-state index is 12.2. The Morgan fingerprint density at radius 3 is 2.74 bits per heavy atom. The maximum atomic E-state index is 12.2. The predicted octanol–water partition coefficient (Wildman–Crippen LogP) is 2.13. The summed E-state index contributed by atoms with van der Waals surface area (Å²) in [6, 6.07) is 6.72. The Morgan fingerprint density at radius 1 is 1.32 bits per heavy atom. The van der Waals surface area contributed by atoms with Crippen molar-refractivity contribution in [2.45, 2.75) is 23.6 Å². The van der Waals surface area contributed by atoms with Crippen LogP contribution in [0.5, 0.6) is 0 Å². The molecule has 1 fully saturated rings. The fraction of sp³-hybridized carbons (Fsp3) is 0.538. The maximum Gasteiger partial charge on any atom is 0.240 e. The number of sulfonamides is 1. The van der Waals surface area contributed by atoms with Gasteiger partial charge in [-0.3, -0.25) is 0 Å². The number of rotatable bonds is 5. The minimum atomic E-state index is -3.44. The average molecular weight is 304 g/mol. The lowest BCUT2D eigenvalue weighted by molar-refractivity contribution is 0.0678. The van der Waals surface area contributed by atoms with Gasteiger partial charge in [0.2, 0.25) is 10.0 Å². The van der Waals surface area contributed by atoms with Gasteiger partial charge in [-0.05, 0) is 36.5 Å². The van der Waals surface area contributed by atoms with E-state index in [1.807, 2.05) is 6.07 Å². The van der Waals surface area contributed by atoms with Crippen molar-refractivity contribution in [2.24, 2.45) is 5.92 Å². The summed E-state index contributed by atoms with van der Waals surface area (Å²) in [6.07, 6.45) is 1.81. The van der Waals surface area contributed by atoms with Gasteiger partial charge in [-0.25, -0.2) is 13.1 Å². The third-order valence-corrected chi connectivity index (χ3v) is 5.00. The Hall–Kier alpha value is -0.620.